The molecule has 5 rings (SSSR count). The molecule has 1 aliphatic rings. The predicted molar refractivity (Wildman–Crippen MR) is 113 cm³/mol. The van der Waals surface area contributed by atoms with E-state index in [9.17, 15) is 0 Å². The quantitative estimate of drug-likeness (QED) is 0.509. The number of fused-ring (bicyclic) bond motifs is 4. The van der Waals surface area contributed by atoms with Gasteiger partial charge < -0.3 is 14.2 Å². The molecule has 0 saturated carbocycles. The normalized spacial score (nSPS) is 14.3. The van der Waals surface area contributed by atoms with Gasteiger partial charge in [-0.2, -0.15) is 0 Å². The summed E-state index contributed by atoms with van der Waals surface area (Å²) < 4.78 is 6.22. The molecule has 1 aliphatic heterocycles. The molecule has 4 heterocycles. The first-order valence-electron chi connectivity index (χ1n) is 9.22. The Morgan fingerprint density at radius 1 is 1.04 bits per heavy atom. The maximum absolute atomic E-state index is 6.22. The average molecular weight is 356 g/mol. The molecule has 0 fully saturated rings. The Labute approximate surface area is 159 Å². The number of rotatable bonds is 2. The highest BCUT2D eigenvalue weighted by Crippen LogP contribution is 2.46. The number of furan rings is 1. The van der Waals surface area contributed by atoms with Gasteiger partial charge in [0.2, 0.25) is 5.71 Å². The molecule has 0 saturated heterocycles. The van der Waals surface area contributed by atoms with Crippen molar-refractivity contribution in [1.29, 1.82) is 0 Å². The molecule has 134 valence electrons. The Morgan fingerprint density at radius 2 is 1.81 bits per heavy atom. The summed E-state index contributed by atoms with van der Waals surface area (Å²) >= 11 is 0. The first-order chi connectivity index (χ1) is 12.9. The second-order valence-corrected chi connectivity index (χ2v) is 8.08. The molecule has 6 heteroatoms. The van der Waals surface area contributed by atoms with Gasteiger partial charge in [-0.1, -0.05) is 12.1 Å². The first-order valence-corrected chi connectivity index (χ1v) is 9.22. The van der Waals surface area contributed by atoms with Gasteiger partial charge >= 0.3 is 0 Å². The molecule has 0 bridgehead atoms. The van der Waals surface area contributed by atoms with E-state index in [1.165, 1.54) is 5.56 Å². The van der Waals surface area contributed by atoms with Gasteiger partial charge in [0, 0.05) is 28.6 Å². The van der Waals surface area contributed by atoms with Crippen LogP contribution in [0.15, 0.2) is 53.2 Å². The number of hydrogen-bond donors (Lipinski definition) is 0. The Hall–Kier alpha value is -3.02. The van der Waals surface area contributed by atoms with Crippen molar-refractivity contribution in [3.8, 4) is 0 Å². The molecule has 1 aromatic carbocycles. The van der Waals surface area contributed by atoms with Crippen LogP contribution in [0, 0.1) is 6.92 Å². The van der Waals surface area contributed by atoms with Crippen LogP contribution >= 0.6 is 0 Å². The van der Waals surface area contributed by atoms with Gasteiger partial charge in [-0.15, -0.1) is 0 Å². The third kappa shape index (κ3) is 2.32. The Morgan fingerprint density at radius 3 is 2.63 bits per heavy atom. The van der Waals surface area contributed by atoms with E-state index in [0.29, 0.717) is 5.71 Å². The number of aromatic nitrogens is 2. The van der Waals surface area contributed by atoms with Crippen molar-refractivity contribution in [1.82, 2.24) is 9.97 Å². The smallest absolute Gasteiger partial charge is 0.227 e. The summed E-state index contributed by atoms with van der Waals surface area (Å²) in [6.07, 6.45) is 3.63. The second-order valence-electron chi connectivity index (χ2n) is 8.08. The van der Waals surface area contributed by atoms with Crippen LogP contribution in [0.3, 0.4) is 0 Å². The van der Waals surface area contributed by atoms with E-state index in [1.54, 1.807) is 6.20 Å². The zero-order chi connectivity index (χ0) is 18.8. The first kappa shape index (κ1) is 16.2. The molecule has 0 atom stereocenters. The summed E-state index contributed by atoms with van der Waals surface area (Å²) in [5.74, 6) is 1.01. The Balaban J connectivity index is 1.78. The topological polar surface area (TPSA) is 45.4 Å². The minimum Gasteiger partial charge on any atom is -0.435 e. The molecule has 4 aromatic rings. The van der Waals surface area contributed by atoms with Gasteiger partial charge in [0.05, 0.1) is 18.0 Å². The van der Waals surface area contributed by atoms with Crippen molar-refractivity contribution >= 4 is 47.1 Å². The van der Waals surface area contributed by atoms with Crippen molar-refractivity contribution in [3.63, 3.8) is 0 Å². The van der Waals surface area contributed by atoms with E-state index in [1.807, 2.05) is 18.3 Å². The summed E-state index contributed by atoms with van der Waals surface area (Å²) in [7, 11) is 2.22. The molecule has 27 heavy (non-hydrogen) atoms. The van der Waals surface area contributed by atoms with Gasteiger partial charge in [-0.3, -0.25) is 0 Å². The lowest BCUT2D eigenvalue weighted by molar-refractivity contribution is 0.631. The zero-order valence-electron chi connectivity index (χ0n) is 16.0. The van der Waals surface area contributed by atoms with E-state index in [2.05, 4.69) is 72.7 Å². The molecule has 5 nitrogen and oxygen atoms in total. The van der Waals surface area contributed by atoms with Gasteiger partial charge in [0.15, 0.2) is 11.4 Å². The van der Waals surface area contributed by atoms with E-state index in [-0.39, 0.29) is 5.44 Å². The largest absolute Gasteiger partial charge is 0.435 e. The minimum absolute atomic E-state index is 0.0327. The summed E-state index contributed by atoms with van der Waals surface area (Å²) in [5, 5.41) is 2.14. The van der Waals surface area contributed by atoms with E-state index >= 15 is 0 Å². The highest BCUT2D eigenvalue weighted by Gasteiger charge is 2.36. The van der Waals surface area contributed by atoms with E-state index in [0.717, 1.165) is 40.2 Å². The highest BCUT2D eigenvalue weighted by molar-refractivity contribution is 6.17. The molecule has 0 N–H and O–H groups in total. The summed E-state index contributed by atoms with van der Waals surface area (Å²) in [6, 6.07) is 12.4. The van der Waals surface area contributed by atoms with Crippen molar-refractivity contribution in [2.75, 3.05) is 16.5 Å². The van der Waals surface area contributed by atoms with Crippen LogP contribution in [0.4, 0.5) is 17.2 Å². The maximum Gasteiger partial charge on any atom is 0.227 e. The summed E-state index contributed by atoms with van der Waals surface area (Å²) in [5.41, 5.74) is 4.90. The number of benzene rings is 1. The van der Waals surface area contributed by atoms with Crippen LogP contribution in [0.1, 0.15) is 19.4 Å². The third-order valence-electron chi connectivity index (χ3n) is 5.27. The van der Waals surface area contributed by atoms with Gasteiger partial charge in [0.25, 0.3) is 0 Å². The number of nitrogens with zero attached hydrogens (tertiary/aromatic N) is 4. The lowest BCUT2D eigenvalue weighted by atomic mass is 9.80. The highest BCUT2D eigenvalue weighted by atomic mass is 16.3. The fourth-order valence-electron chi connectivity index (χ4n) is 3.91. The molecule has 0 amide bonds. The van der Waals surface area contributed by atoms with Gasteiger partial charge in [-0.05, 0) is 50.6 Å². The molecule has 3 aromatic heterocycles. The van der Waals surface area contributed by atoms with Crippen LogP contribution in [0.5, 0.6) is 0 Å². The van der Waals surface area contributed by atoms with Crippen molar-refractivity contribution in [3.05, 3.63) is 54.4 Å². The molecule has 0 radical (unpaired) electrons. The fourth-order valence-corrected chi connectivity index (χ4v) is 3.91. The summed E-state index contributed by atoms with van der Waals surface area (Å²) in [4.78, 5) is 13.7. The molecular formula is C21H21BN4O. The minimum atomic E-state index is -0.0327. The van der Waals surface area contributed by atoms with Crippen molar-refractivity contribution < 1.29 is 4.42 Å². The van der Waals surface area contributed by atoms with E-state index in [4.69, 9.17) is 4.42 Å². The van der Waals surface area contributed by atoms with Crippen LogP contribution in [0.25, 0.3) is 22.1 Å². The zero-order valence-corrected chi connectivity index (χ0v) is 16.0. The fraction of sp³-hybridized carbons (Fsp3) is 0.238. The van der Waals surface area contributed by atoms with Crippen molar-refractivity contribution in [2.24, 2.45) is 0 Å². The standard InChI is InChI=1S/C21H21BN4O/c1-13-8-9-14-15-6-4-11-24-20(15)27-18(14)17(13)25-12-26(21(2,3)22)19-16(25)7-5-10-23-19/h4-11H,12,22H2,1-3H3. The number of pyridine rings is 2. The molecular weight excluding hydrogens is 335 g/mol. The third-order valence-corrected chi connectivity index (χ3v) is 5.27. The SMILES string of the molecule is BC(C)(C)N1CN(c2c(C)ccc3c2oc2ncccc23)c2cccnc21. The second kappa shape index (κ2) is 5.49. The number of hydrogen-bond acceptors (Lipinski definition) is 5. The Bertz CT molecular complexity index is 1180. The lowest BCUT2D eigenvalue weighted by Crippen LogP contribution is -2.46. The molecule has 0 unspecified atom stereocenters. The number of aryl methyl sites for hydroxylation is 1. The van der Waals surface area contributed by atoms with Crippen LogP contribution in [0.2, 0.25) is 0 Å². The molecule has 0 spiro atoms. The maximum atomic E-state index is 6.22. The number of anilines is 3. The van der Waals surface area contributed by atoms with Crippen LogP contribution in [-0.2, 0) is 0 Å². The monoisotopic (exact) mass is 356 g/mol. The summed E-state index contributed by atoms with van der Waals surface area (Å²) in [6.45, 7) is 7.30. The predicted octanol–water partition coefficient (Wildman–Crippen LogP) is 3.97. The van der Waals surface area contributed by atoms with Crippen molar-refractivity contribution in [2.45, 2.75) is 26.2 Å². The average Bonchev–Trinajstić information content (AvgIpc) is 3.20. The van der Waals surface area contributed by atoms with E-state index < -0.39 is 0 Å². The van der Waals surface area contributed by atoms with Gasteiger partial charge in [-0.25, -0.2) is 9.97 Å². The van der Waals surface area contributed by atoms with Gasteiger partial charge in [0.1, 0.15) is 7.85 Å². The molecule has 0 aliphatic carbocycles. The van der Waals surface area contributed by atoms with Crippen LogP contribution in [-0.4, -0.2) is 29.9 Å². The Kier molecular flexibility index (Phi) is 3.29. The van der Waals surface area contributed by atoms with Crippen LogP contribution < -0.4 is 9.80 Å². The lowest BCUT2D eigenvalue weighted by Gasteiger charge is -2.34.